The molecule has 5 heteroatoms. The molecule has 0 aliphatic carbocycles. The molecule has 3 nitrogen and oxygen atoms in total. The van der Waals surface area contributed by atoms with Crippen molar-refractivity contribution in [3.05, 3.63) is 28.8 Å². The maximum atomic E-state index is 13.4. The van der Waals surface area contributed by atoms with E-state index in [0.717, 1.165) is 5.56 Å². The number of aromatic nitrogens is 2. The van der Waals surface area contributed by atoms with E-state index in [1.165, 1.54) is 17.5 Å². The zero-order valence-electron chi connectivity index (χ0n) is 8.20. The molecule has 2 heterocycles. The molecule has 2 aromatic rings. The Bertz CT molecular complexity index is 442. The summed E-state index contributed by atoms with van der Waals surface area (Å²) in [7, 11) is 0. The van der Waals surface area contributed by atoms with Crippen molar-refractivity contribution in [3.8, 4) is 11.3 Å². The average molecular weight is 223 g/mol. The molecule has 0 saturated heterocycles. The van der Waals surface area contributed by atoms with Gasteiger partial charge in [-0.05, 0) is 18.4 Å². The Morgan fingerprint density at radius 1 is 1.53 bits per heavy atom. The normalized spacial score (nSPS) is 10.3. The van der Waals surface area contributed by atoms with E-state index in [1.807, 2.05) is 23.8 Å². The molecule has 0 aliphatic rings. The van der Waals surface area contributed by atoms with E-state index in [2.05, 4.69) is 15.3 Å². The number of hydrogen-bond donors (Lipinski definition) is 1. The number of nitrogens with one attached hydrogen (secondary N) is 1. The number of rotatable bonds is 3. The Kier molecular flexibility index (Phi) is 2.91. The first kappa shape index (κ1) is 10.0. The van der Waals surface area contributed by atoms with Crippen molar-refractivity contribution < 1.29 is 4.39 Å². The van der Waals surface area contributed by atoms with Crippen molar-refractivity contribution in [1.29, 1.82) is 0 Å². The van der Waals surface area contributed by atoms with Crippen molar-refractivity contribution in [2.75, 3.05) is 11.9 Å². The van der Waals surface area contributed by atoms with Gasteiger partial charge in [0.05, 0.1) is 6.20 Å². The minimum Gasteiger partial charge on any atom is -0.354 e. The number of hydrogen-bond acceptors (Lipinski definition) is 4. The van der Waals surface area contributed by atoms with Gasteiger partial charge in [-0.2, -0.15) is 11.3 Å². The van der Waals surface area contributed by atoms with Gasteiger partial charge < -0.3 is 5.32 Å². The number of halogens is 1. The lowest BCUT2D eigenvalue weighted by molar-refractivity contribution is 0.618. The summed E-state index contributed by atoms with van der Waals surface area (Å²) in [4.78, 5) is 7.96. The first-order valence-corrected chi connectivity index (χ1v) is 5.54. The first-order chi connectivity index (χ1) is 7.31. The molecule has 2 rings (SSSR count). The lowest BCUT2D eigenvalue weighted by atomic mass is 10.2. The fourth-order valence-electron chi connectivity index (χ4n) is 1.21. The Balaban J connectivity index is 2.41. The maximum Gasteiger partial charge on any atom is 0.223 e. The fraction of sp³-hybridized carbons (Fsp3) is 0.200. The quantitative estimate of drug-likeness (QED) is 0.869. The third-order valence-electron chi connectivity index (χ3n) is 1.87. The van der Waals surface area contributed by atoms with Gasteiger partial charge in [0.1, 0.15) is 5.69 Å². The van der Waals surface area contributed by atoms with Crippen LogP contribution >= 0.6 is 11.3 Å². The standard InChI is InChI=1S/C10H10FN3S/c1-2-12-10-13-5-8(11)9(14-10)7-3-4-15-6-7/h3-6H,2H2,1H3,(H,12,13,14). The lowest BCUT2D eigenvalue weighted by Gasteiger charge is -2.03. The van der Waals surface area contributed by atoms with Crippen molar-refractivity contribution in [3.63, 3.8) is 0 Å². The van der Waals surface area contributed by atoms with Gasteiger partial charge in [-0.25, -0.2) is 14.4 Å². The highest BCUT2D eigenvalue weighted by molar-refractivity contribution is 7.08. The zero-order valence-corrected chi connectivity index (χ0v) is 9.01. The minimum atomic E-state index is -0.393. The smallest absolute Gasteiger partial charge is 0.223 e. The molecule has 0 aliphatic heterocycles. The lowest BCUT2D eigenvalue weighted by Crippen LogP contribution is -2.03. The van der Waals surface area contributed by atoms with E-state index in [0.29, 0.717) is 18.2 Å². The van der Waals surface area contributed by atoms with Crippen LogP contribution in [0.5, 0.6) is 0 Å². The van der Waals surface area contributed by atoms with Crippen LogP contribution in [0.4, 0.5) is 10.3 Å². The molecule has 0 aromatic carbocycles. The van der Waals surface area contributed by atoms with E-state index < -0.39 is 5.82 Å². The summed E-state index contributed by atoms with van der Waals surface area (Å²) >= 11 is 1.51. The Hall–Kier alpha value is -1.49. The van der Waals surface area contributed by atoms with E-state index in [1.54, 1.807) is 0 Å². The van der Waals surface area contributed by atoms with E-state index >= 15 is 0 Å². The summed E-state index contributed by atoms with van der Waals surface area (Å²) in [5.41, 5.74) is 1.14. The number of thiophene rings is 1. The van der Waals surface area contributed by atoms with E-state index in [-0.39, 0.29) is 0 Å². The summed E-state index contributed by atoms with van der Waals surface area (Å²) < 4.78 is 13.4. The summed E-state index contributed by atoms with van der Waals surface area (Å²) in [6.07, 6.45) is 1.19. The molecule has 0 amide bonds. The molecule has 0 radical (unpaired) electrons. The molecule has 15 heavy (non-hydrogen) atoms. The Morgan fingerprint density at radius 3 is 3.07 bits per heavy atom. The van der Waals surface area contributed by atoms with Crippen molar-refractivity contribution in [1.82, 2.24) is 9.97 Å². The number of nitrogens with zero attached hydrogens (tertiary/aromatic N) is 2. The molecule has 1 N–H and O–H groups in total. The monoisotopic (exact) mass is 223 g/mol. The van der Waals surface area contributed by atoms with Gasteiger partial charge in [0.15, 0.2) is 5.82 Å². The van der Waals surface area contributed by atoms with Gasteiger partial charge in [-0.1, -0.05) is 0 Å². The molecule has 0 saturated carbocycles. The van der Waals surface area contributed by atoms with Crippen molar-refractivity contribution >= 4 is 17.3 Å². The van der Waals surface area contributed by atoms with Crippen LogP contribution in [-0.2, 0) is 0 Å². The molecule has 0 bridgehead atoms. The topological polar surface area (TPSA) is 37.8 Å². The summed E-state index contributed by atoms with van der Waals surface area (Å²) in [6, 6.07) is 1.84. The van der Waals surface area contributed by atoms with Gasteiger partial charge in [0, 0.05) is 17.5 Å². The minimum absolute atomic E-state index is 0.349. The Labute approximate surface area is 91.0 Å². The highest BCUT2D eigenvalue weighted by Crippen LogP contribution is 2.23. The molecule has 0 unspecified atom stereocenters. The van der Waals surface area contributed by atoms with Crippen LogP contribution in [0.25, 0.3) is 11.3 Å². The summed E-state index contributed by atoms with van der Waals surface area (Å²) in [5.74, 6) is 0.0650. The van der Waals surface area contributed by atoms with Crippen molar-refractivity contribution in [2.24, 2.45) is 0 Å². The van der Waals surface area contributed by atoms with Gasteiger partial charge in [-0.15, -0.1) is 0 Å². The zero-order chi connectivity index (χ0) is 10.7. The molecule has 0 atom stereocenters. The van der Waals surface area contributed by atoms with Crippen LogP contribution in [0, 0.1) is 5.82 Å². The first-order valence-electron chi connectivity index (χ1n) is 4.60. The van der Waals surface area contributed by atoms with Gasteiger partial charge in [0.25, 0.3) is 0 Å². The molecule has 78 valence electrons. The van der Waals surface area contributed by atoms with Gasteiger partial charge in [-0.3, -0.25) is 0 Å². The highest BCUT2D eigenvalue weighted by atomic mass is 32.1. The second-order valence-corrected chi connectivity index (χ2v) is 3.71. The van der Waals surface area contributed by atoms with Crippen LogP contribution in [0.3, 0.4) is 0 Å². The third-order valence-corrected chi connectivity index (χ3v) is 2.56. The molecular weight excluding hydrogens is 213 g/mol. The number of anilines is 1. The third kappa shape index (κ3) is 2.12. The summed E-state index contributed by atoms with van der Waals surface area (Å²) in [5, 5.41) is 6.71. The summed E-state index contributed by atoms with van der Waals surface area (Å²) in [6.45, 7) is 2.66. The predicted molar refractivity (Wildman–Crippen MR) is 59.5 cm³/mol. The van der Waals surface area contributed by atoms with Crippen LogP contribution in [0.1, 0.15) is 6.92 Å². The molecule has 0 spiro atoms. The SMILES string of the molecule is CCNc1ncc(F)c(-c2ccsc2)n1. The average Bonchev–Trinajstić information content (AvgIpc) is 2.74. The van der Waals surface area contributed by atoms with E-state index in [4.69, 9.17) is 0 Å². The maximum absolute atomic E-state index is 13.4. The second-order valence-electron chi connectivity index (χ2n) is 2.93. The predicted octanol–water partition coefficient (Wildman–Crippen LogP) is 2.78. The molecule has 0 fully saturated rings. The second kappa shape index (κ2) is 4.35. The van der Waals surface area contributed by atoms with Gasteiger partial charge in [0.2, 0.25) is 5.95 Å². The molecule has 2 aromatic heterocycles. The molecular formula is C10H10FN3S. The van der Waals surface area contributed by atoms with Crippen LogP contribution < -0.4 is 5.32 Å². The van der Waals surface area contributed by atoms with Crippen LogP contribution in [0.15, 0.2) is 23.0 Å². The Morgan fingerprint density at radius 2 is 2.40 bits per heavy atom. The van der Waals surface area contributed by atoms with E-state index in [9.17, 15) is 4.39 Å². The largest absolute Gasteiger partial charge is 0.354 e. The van der Waals surface area contributed by atoms with Crippen LogP contribution in [0.2, 0.25) is 0 Å². The van der Waals surface area contributed by atoms with Crippen molar-refractivity contribution in [2.45, 2.75) is 6.92 Å². The van der Waals surface area contributed by atoms with Crippen LogP contribution in [-0.4, -0.2) is 16.5 Å². The fourth-order valence-corrected chi connectivity index (χ4v) is 1.85. The highest BCUT2D eigenvalue weighted by Gasteiger charge is 2.08. The van der Waals surface area contributed by atoms with Gasteiger partial charge >= 0.3 is 0 Å².